The van der Waals surface area contributed by atoms with Gasteiger partial charge in [0.2, 0.25) is 0 Å². The van der Waals surface area contributed by atoms with E-state index in [0.717, 1.165) is 82.0 Å². The molecule has 7 aromatic rings. The van der Waals surface area contributed by atoms with Crippen LogP contribution in [0.25, 0.3) is 22.3 Å². The van der Waals surface area contributed by atoms with Gasteiger partial charge in [-0.15, -0.1) is 0 Å². The molecule has 0 amide bonds. The van der Waals surface area contributed by atoms with Gasteiger partial charge in [0.1, 0.15) is 5.82 Å². The van der Waals surface area contributed by atoms with Gasteiger partial charge in [0.05, 0.1) is 20.2 Å². The van der Waals surface area contributed by atoms with Gasteiger partial charge in [-0.25, -0.2) is 4.39 Å². The molecule has 0 aromatic heterocycles. The van der Waals surface area contributed by atoms with Crippen molar-refractivity contribution in [1.82, 2.24) is 0 Å². The van der Waals surface area contributed by atoms with E-state index in [1.54, 1.807) is 24.3 Å². The third kappa shape index (κ3) is 8.01. The van der Waals surface area contributed by atoms with E-state index in [1.165, 1.54) is 46.5 Å². The monoisotopic (exact) mass is 1030 g/mol. The molecule has 0 atom stereocenters. The molecule has 2 aliphatic carbocycles. The zero-order valence-electron chi connectivity index (χ0n) is 29.7. The molecule has 0 heterocycles. The summed E-state index contributed by atoms with van der Waals surface area (Å²) in [7, 11) is 0. The van der Waals surface area contributed by atoms with Crippen LogP contribution >= 0.6 is 63.7 Å². The minimum atomic E-state index is -0.817. The summed E-state index contributed by atoms with van der Waals surface area (Å²) in [4.78, 5) is 31.2. The standard InChI is InChI=1S/C25H14Br2N2O4.C13H8Br2.C6H4FNO2/c26-17-5-11-21-22-12-6-18(27)14-24(22)25(23(21)13-17,15-1-7-19(8-2-15)28(30)31)16-3-9-20(10-4-16)29(32)33;14-10-1-3-12-8(6-10)5-9-7-11(15)2-4-13(9)12;7-5-1-3-6(4-2-5)8(9)10/h1-14H;1-4,6-7H,5H2;1-4H. The molecule has 0 aliphatic heterocycles. The number of fused-ring (bicyclic) bond motifs is 6. The molecular weight excluding hydrogens is 1010 g/mol. The third-order valence-corrected chi connectivity index (χ3v) is 11.9. The van der Waals surface area contributed by atoms with E-state index in [0.29, 0.717) is 0 Å². The highest BCUT2D eigenvalue weighted by Crippen LogP contribution is 2.57. The Hall–Kier alpha value is -5.41. The first-order valence-corrected chi connectivity index (χ1v) is 20.5. The minimum Gasteiger partial charge on any atom is -0.258 e. The number of hydrogen-bond donors (Lipinski definition) is 0. The maximum absolute atomic E-state index is 12.1. The number of hydrogen-bond acceptors (Lipinski definition) is 6. The lowest BCUT2D eigenvalue weighted by molar-refractivity contribution is -0.385. The van der Waals surface area contributed by atoms with Crippen molar-refractivity contribution in [2.24, 2.45) is 0 Å². The number of benzene rings is 7. The van der Waals surface area contributed by atoms with Gasteiger partial charge in [0, 0.05) is 54.3 Å². The summed E-state index contributed by atoms with van der Waals surface area (Å²) in [5, 5.41) is 32.6. The van der Waals surface area contributed by atoms with Crippen molar-refractivity contribution in [2.45, 2.75) is 11.8 Å². The van der Waals surface area contributed by atoms with Crippen molar-refractivity contribution in [2.75, 3.05) is 0 Å². The van der Waals surface area contributed by atoms with E-state index in [2.05, 4.69) is 100 Å². The normalized spacial score (nSPS) is 12.4. The molecule has 14 heteroatoms. The Kier molecular flexibility index (Phi) is 11.8. The van der Waals surface area contributed by atoms with Gasteiger partial charge < -0.3 is 0 Å². The van der Waals surface area contributed by atoms with Crippen LogP contribution < -0.4 is 0 Å². The van der Waals surface area contributed by atoms with E-state index >= 15 is 0 Å². The first-order chi connectivity index (χ1) is 27.8. The second-order valence-electron chi connectivity index (χ2n) is 13.3. The van der Waals surface area contributed by atoms with Gasteiger partial charge >= 0.3 is 0 Å². The number of nitro groups is 3. The number of rotatable bonds is 5. The van der Waals surface area contributed by atoms with Crippen LogP contribution in [0.15, 0.2) is 163 Å². The van der Waals surface area contributed by atoms with Crippen molar-refractivity contribution < 1.29 is 19.2 Å². The van der Waals surface area contributed by atoms with Crippen molar-refractivity contribution in [3.8, 4) is 22.3 Å². The number of non-ortho nitro benzene ring substituents is 3. The topological polar surface area (TPSA) is 129 Å². The van der Waals surface area contributed by atoms with Crippen molar-refractivity contribution in [3.05, 3.63) is 233 Å². The lowest BCUT2D eigenvalue weighted by Gasteiger charge is -2.34. The SMILES string of the molecule is Brc1ccc2c(c1)Cc1cc(Br)ccc1-2.O=[N+]([O-])c1ccc(C2(c3ccc([N+](=O)[O-])cc3)c3cc(Br)ccc3-c3ccc(Br)cc32)cc1.O=[N+]([O-])c1ccc(F)cc1. The summed E-state index contributed by atoms with van der Waals surface area (Å²) in [6, 6.07) is 42.6. The zero-order chi connectivity index (χ0) is 41.3. The van der Waals surface area contributed by atoms with Gasteiger partial charge in [-0.05, 0) is 123 Å². The summed E-state index contributed by atoms with van der Waals surface area (Å²) in [6.07, 6.45) is 1.05. The average molecular weight is 1030 g/mol. The van der Waals surface area contributed by atoms with E-state index in [-0.39, 0.29) is 17.1 Å². The Morgan fingerprint density at radius 1 is 0.431 bits per heavy atom. The van der Waals surface area contributed by atoms with Crippen molar-refractivity contribution in [1.29, 1.82) is 0 Å². The lowest BCUT2D eigenvalue weighted by Crippen LogP contribution is -2.28. The molecule has 0 spiro atoms. The van der Waals surface area contributed by atoms with Crippen LogP contribution in [-0.4, -0.2) is 14.8 Å². The molecule has 0 saturated carbocycles. The molecule has 0 N–H and O–H groups in total. The fourth-order valence-corrected chi connectivity index (χ4v) is 8.97. The predicted molar refractivity (Wildman–Crippen MR) is 236 cm³/mol. The van der Waals surface area contributed by atoms with Crippen LogP contribution in [0.1, 0.15) is 33.4 Å². The van der Waals surface area contributed by atoms with Crippen LogP contribution in [0.4, 0.5) is 21.5 Å². The summed E-state index contributed by atoms with van der Waals surface area (Å²) in [6.45, 7) is 0. The molecule has 7 aromatic carbocycles. The fraction of sp³-hybridized carbons (Fsp3) is 0.0455. The second-order valence-corrected chi connectivity index (χ2v) is 16.9. The van der Waals surface area contributed by atoms with E-state index in [4.69, 9.17) is 0 Å². The maximum Gasteiger partial charge on any atom is 0.269 e. The molecular formula is C44H26Br4FN3O6. The number of nitrogens with zero attached hydrogens (tertiary/aromatic N) is 3. The second kappa shape index (κ2) is 16.8. The Balaban J connectivity index is 0.000000167. The smallest absolute Gasteiger partial charge is 0.258 e. The van der Waals surface area contributed by atoms with E-state index < -0.39 is 26.0 Å². The molecule has 0 unspecified atom stereocenters. The summed E-state index contributed by atoms with van der Waals surface area (Å²) in [5.74, 6) is -0.467. The first kappa shape index (κ1) is 40.8. The van der Waals surface area contributed by atoms with Gasteiger partial charge in [-0.3, -0.25) is 30.3 Å². The minimum absolute atomic E-state index is 0.000437. The molecule has 0 bridgehead atoms. The van der Waals surface area contributed by atoms with Gasteiger partial charge in [-0.2, -0.15) is 0 Å². The molecule has 9 nitrogen and oxygen atoms in total. The summed E-state index contributed by atoms with van der Waals surface area (Å²) < 4.78 is 16.2. The Bertz CT molecular complexity index is 2590. The zero-order valence-corrected chi connectivity index (χ0v) is 36.1. The van der Waals surface area contributed by atoms with Gasteiger partial charge in [0.15, 0.2) is 0 Å². The molecule has 288 valence electrons. The molecule has 0 saturated heterocycles. The third-order valence-electron chi connectivity index (χ3n) is 9.93. The van der Waals surface area contributed by atoms with Crippen LogP contribution in [0.5, 0.6) is 0 Å². The quantitative estimate of drug-likeness (QED) is 0.125. The Morgan fingerprint density at radius 3 is 1.09 bits per heavy atom. The van der Waals surface area contributed by atoms with E-state index in [1.807, 2.05) is 36.4 Å². The molecule has 58 heavy (non-hydrogen) atoms. The number of halogens is 5. The predicted octanol–water partition coefficient (Wildman–Crippen LogP) is 13.9. The lowest BCUT2D eigenvalue weighted by atomic mass is 9.67. The van der Waals surface area contributed by atoms with Crippen LogP contribution in [0.3, 0.4) is 0 Å². The highest BCUT2D eigenvalue weighted by atomic mass is 79.9. The highest BCUT2D eigenvalue weighted by molar-refractivity contribution is 9.11. The summed E-state index contributed by atoms with van der Waals surface area (Å²) in [5.41, 5.74) is 10.4. The van der Waals surface area contributed by atoms with E-state index in [9.17, 15) is 34.7 Å². The van der Waals surface area contributed by atoms with Gasteiger partial charge in [0.25, 0.3) is 17.1 Å². The molecule has 2 aliphatic rings. The largest absolute Gasteiger partial charge is 0.269 e. The fourth-order valence-electron chi connectivity index (χ4n) is 7.43. The number of nitro benzene ring substituents is 3. The first-order valence-electron chi connectivity index (χ1n) is 17.3. The summed E-state index contributed by atoms with van der Waals surface area (Å²) >= 11 is 14.2. The molecule has 0 fully saturated rings. The van der Waals surface area contributed by atoms with Crippen LogP contribution in [0.2, 0.25) is 0 Å². The van der Waals surface area contributed by atoms with Crippen LogP contribution in [-0.2, 0) is 11.8 Å². The van der Waals surface area contributed by atoms with Crippen LogP contribution in [0, 0.1) is 36.2 Å². The average Bonchev–Trinajstić information content (AvgIpc) is 3.70. The van der Waals surface area contributed by atoms with Crippen molar-refractivity contribution in [3.63, 3.8) is 0 Å². The van der Waals surface area contributed by atoms with Crippen molar-refractivity contribution >= 4 is 80.8 Å². The van der Waals surface area contributed by atoms with Gasteiger partial charge in [-0.1, -0.05) is 112 Å². The molecule has 9 rings (SSSR count). The Labute approximate surface area is 364 Å². The maximum atomic E-state index is 12.1. The highest BCUT2D eigenvalue weighted by Gasteiger charge is 2.46. The Morgan fingerprint density at radius 2 is 0.741 bits per heavy atom. The molecule has 0 radical (unpaired) electrons.